The number of hydrogen-bond donors (Lipinski definition) is 1. The Labute approximate surface area is 129 Å². The highest BCUT2D eigenvalue weighted by Gasteiger charge is 2.26. The summed E-state index contributed by atoms with van der Waals surface area (Å²) in [6.07, 6.45) is 1.23. The maximum absolute atomic E-state index is 11.1. The van der Waals surface area contributed by atoms with Crippen molar-refractivity contribution in [3.8, 4) is 0 Å². The van der Waals surface area contributed by atoms with Gasteiger partial charge in [-0.25, -0.2) is 14.8 Å². The molecule has 0 bridgehead atoms. The molecule has 1 unspecified atom stereocenters. The van der Waals surface area contributed by atoms with E-state index >= 15 is 0 Å². The first-order chi connectivity index (χ1) is 10.0. The van der Waals surface area contributed by atoms with Crippen molar-refractivity contribution in [3.63, 3.8) is 0 Å². The second-order valence-electron chi connectivity index (χ2n) is 5.03. The lowest BCUT2D eigenvalue weighted by atomic mass is 10.1. The minimum atomic E-state index is -0.905. The molecule has 0 spiro atoms. The molecular formula is C13H15BrN4O3. The second kappa shape index (κ2) is 5.61. The van der Waals surface area contributed by atoms with Gasteiger partial charge in [0.15, 0.2) is 0 Å². The van der Waals surface area contributed by atoms with Crippen LogP contribution in [-0.4, -0.2) is 56.3 Å². The molecule has 1 atom stereocenters. The van der Waals surface area contributed by atoms with Gasteiger partial charge < -0.3 is 14.7 Å². The number of aromatic nitrogens is 3. The van der Waals surface area contributed by atoms with Gasteiger partial charge in [-0.2, -0.15) is 0 Å². The first-order valence-electron chi connectivity index (χ1n) is 6.63. The van der Waals surface area contributed by atoms with Gasteiger partial charge in [-0.3, -0.25) is 4.40 Å². The molecule has 1 aliphatic rings. The minimum absolute atomic E-state index is 0.174. The molecule has 8 heteroatoms. The monoisotopic (exact) mass is 354 g/mol. The number of nitrogens with zero attached hydrogens (tertiary/aromatic N) is 4. The van der Waals surface area contributed by atoms with Crippen molar-refractivity contribution >= 4 is 27.7 Å². The molecular weight excluding hydrogens is 340 g/mol. The van der Waals surface area contributed by atoms with Crippen LogP contribution >= 0.6 is 15.9 Å². The normalized spacial score (nSPS) is 19.1. The molecule has 1 saturated heterocycles. The van der Waals surface area contributed by atoms with Crippen molar-refractivity contribution in [1.82, 2.24) is 19.3 Å². The highest BCUT2D eigenvalue weighted by Crippen LogP contribution is 2.22. The van der Waals surface area contributed by atoms with Crippen molar-refractivity contribution in [1.29, 1.82) is 0 Å². The lowest BCUT2D eigenvalue weighted by Crippen LogP contribution is -2.45. The Hall–Kier alpha value is -1.67. The maximum atomic E-state index is 11.1. The summed E-state index contributed by atoms with van der Waals surface area (Å²) in [6.45, 7) is 3.12. The van der Waals surface area contributed by atoms with Gasteiger partial charge in [0.2, 0.25) is 0 Å². The van der Waals surface area contributed by atoms with E-state index in [4.69, 9.17) is 9.84 Å². The second-order valence-corrected chi connectivity index (χ2v) is 5.78. The fourth-order valence-electron chi connectivity index (χ4n) is 2.48. The van der Waals surface area contributed by atoms with E-state index in [-0.39, 0.29) is 6.10 Å². The SMILES string of the molecule is Cc1cc2nc(Br)c(CC3CN(C(=O)O)CCO3)n2cn1. The number of carbonyl (C=O) groups is 1. The van der Waals surface area contributed by atoms with Gasteiger partial charge >= 0.3 is 6.09 Å². The van der Waals surface area contributed by atoms with E-state index < -0.39 is 6.09 Å². The number of fused-ring (bicyclic) bond motifs is 1. The summed E-state index contributed by atoms with van der Waals surface area (Å²) in [7, 11) is 0. The fourth-order valence-corrected chi connectivity index (χ4v) is 3.01. The van der Waals surface area contributed by atoms with Crippen molar-refractivity contribution in [3.05, 3.63) is 28.4 Å². The van der Waals surface area contributed by atoms with Crippen LogP contribution in [0.2, 0.25) is 0 Å². The Kier molecular flexibility index (Phi) is 3.81. The highest BCUT2D eigenvalue weighted by atomic mass is 79.9. The number of hydrogen-bond acceptors (Lipinski definition) is 4. The number of imidazole rings is 1. The lowest BCUT2D eigenvalue weighted by Gasteiger charge is -2.30. The quantitative estimate of drug-likeness (QED) is 0.887. The zero-order valence-electron chi connectivity index (χ0n) is 11.5. The van der Waals surface area contributed by atoms with Crippen LogP contribution < -0.4 is 0 Å². The van der Waals surface area contributed by atoms with Gasteiger partial charge in [0.05, 0.1) is 24.9 Å². The van der Waals surface area contributed by atoms with Crippen LogP contribution in [0.5, 0.6) is 0 Å². The van der Waals surface area contributed by atoms with Crippen LogP contribution in [0, 0.1) is 6.92 Å². The van der Waals surface area contributed by atoms with Crippen LogP contribution in [0.4, 0.5) is 4.79 Å². The maximum Gasteiger partial charge on any atom is 0.407 e. The largest absolute Gasteiger partial charge is 0.465 e. The topological polar surface area (TPSA) is 80.0 Å². The third kappa shape index (κ3) is 2.86. The summed E-state index contributed by atoms with van der Waals surface area (Å²) in [5.74, 6) is 0. The Morgan fingerprint density at radius 2 is 2.43 bits per heavy atom. The molecule has 21 heavy (non-hydrogen) atoms. The Morgan fingerprint density at radius 1 is 1.62 bits per heavy atom. The van der Waals surface area contributed by atoms with E-state index in [0.29, 0.717) is 26.1 Å². The van der Waals surface area contributed by atoms with E-state index in [1.54, 1.807) is 6.33 Å². The van der Waals surface area contributed by atoms with Gasteiger partial charge in [-0.15, -0.1) is 0 Å². The summed E-state index contributed by atoms with van der Waals surface area (Å²) < 4.78 is 8.32. The molecule has 1 amide bonds. The number of amides is 1. The number of morpholine rings is 1. The summed E-state index contributed by atoms with van der Waals surface area (Å²) in [5, 5.41) is 9.07. The zero-order valence-corrected chi connectivity index (χ0v) is 13.1. The van der Waals surface area contributed by atoms with Crippen molar-refractivity contribution in [2.45, 2.75) is 19.4 Å². The smallest absolute Gasteiger partial charge is 0.407 e. The van der Waals surface area contributed by atoms with Crippen molar-refractivity contribution in [2.24, 2.45) is 0 Å². The minimum Gasteiger partial charge on any atom is -0.465 e. The van der Waals surface area contributed by atoms with Crippen molar-refractivity contribution in [2.75, 3.05) is 19.7 Å². The van der Waals surface area contributed by atoms with Crippen LogP contribution in [0.1, 0.15) is 11.4 Å². The molecule has 0 saturated carbocycles. The Morgan fingerprint density at radius 3 is 3.19 bits per heavy atom. The van der Waals surface area contributed by atoms with E-state index in [9.17, 15) is 4.79 Å². The van der Waals surface area contributed by atoms with Gasteiger partial charge in [-0.05, 0) is 22.9 Å². The number of ether oxygens (including phenoxy) is 1. The predicted molar refractivity (Wildman–Crippen MR) is 78.5 cm³/mol. The van der Waals surface area contributed by atoms with Gasteiger partial charge in [0.1, 0.15) is 16.6 Å². The molecule has 2 aromatic rings. The van der Waals surface area contributed by atoms with Crippen molar-refractivity contribution < 1.29 is 14.6 Å². The van der Waals surface area contributed by atoms with Gasteiger partial charge in [0, 0.05) is 24.7 Å². The molecule has 1 N–H and O–H groups in total. The Balaban J connectivity index is 1.84. The highest BCUT2D eigenvalue weighted by molar-refractivity contribution is 9.10. The Bertz CT molecular complexity index is 687. The third-order valence-electron chi connectivity index (χ3n) is 3.53. The lowest BCUT2D eigenvalue weighted by molar-refractivity contribution is -0.0216. The molecule has 3 heterocycles. The predicted octanol–water partition coefficient (Wildman–Crippen LogP) is 1.72. The molecule has 1 fully saturated rings. The molecule has 0 aliphatic carbocycles. The van der Waals surface area contributed by atoms with Gasteiger partial charge in [-0.1, -0.05) is 0 Å². The molecule has 3 rings (SSSR count). The van der Waals surface area contributed by atoms with Crippen LogP contribution in [-0.2, 0) is 11.2 Å². The van der Waals surface area contributed by atoms with Gasteiger partial charge in [0.25, 0.3) is 0 Å². The molecule has 112 valence electrons. The molecule has 0 radical (unpaired) electrons. The fraction of sp³-hybridized carbons (Fsp3) is 0.462. The third-order valence-corrected chi connectivity index (χ3v) is 4.17. The van der Waals surface area contributed by atoms with E-state index in [0.717, 1.165) is 21.6 Å². The summed E-state index contributed by atoms with van der Waals surface area (Å²) in [5.41, 5.74) is 2.66. The summed E-state index contributed by atoms with van der Waals surface area (Å²) in [6, 6.07) is 1.90. The first kappa shape index (κ1) is 14.3. The number of halogens is 1. The molecule has 7 nitrogen and oxygen atoms in total. The average molecular weight is 355 g/mol. The molecule has 1 aliphatic heterocycles. The summed E-state index contributed by atoms with van der Waals surface area (Å²) >= 11 is 3.46. The van der Waals surface area contributed by atoms with E-state index in [2.05, 4.69) is 25.9 Å². The average Bonchev–Trinajstić information content (AvgIpc) is 2.74. The zero-order chi connectivity index (χ0) is 15.0. The van der Waals surface area contributed by atoms with Crippen LogP contribution in [0.15, 0.2) is 17.0 Å². The number of aryl methyl sites for hydroxylation is 1. The molecule has 2 aromatic heterocycles. The van der Waals surface area contributed by atoms with Crippen LogP contribution in [0.3, 0.4) is 0 Å². The summed E-state index contributed by atoms with van der Waals surface area (Å²) in [4.78, 5) is 21.2. The van der Waals surface area contributed by atoms with Crippen LogP contribution in [0.25, 0.3) is 5.65 Å². The number of rotatable bonds is 2. The van der Waals surface area contributed by atoms with E-state index in [1.807, 2.05) is 17.4 Å². The van der Waals surface area contributed by atoms with E-state index in [1.165, 1.54) is 4.90 Å². The first-order valence-corrected chi connectivity index (χ1v) is 7.42. The number of carboxylic acid groups (broad SMARTS) is 1. The standard InChI is InChI=1S/C13H15BrN4O3/c1-8-4-11-16-12(14)10(18(11)7-15-8)5-9-6-17(13(19)20)2-3-21-9/h4,7,9H,2-3,5-6H2,1H3,(H,19,20). The molecule has 0 aromatic carbocycles.